The zero-order valence-corrected chi connectivity index (χ0v) is 11.4. The number of Topliss-reactive ketones (excluding diaryl/α,β-unsaturated/α-hetero) is 1. The average Bonchev–Trinajstić information content (AvgIpc) is 2.53. The molecule has 106 valence electrons. The zero-order chi connectivity index (χ0) is 14.8. The predicted octanol–water partition coefficient (Wildman–Crippen LogP) is 3.07. The lowest BCUT2D eigenvalue weighted by Gasteiger charge is -2.29. The highest BCUT2D eigenvalue weighted by Gasteiger charge is 2.36. The second-order valence-electron chi connectivity index (χ2n) is 5.22. The first-order chi connectivity index (χ1) is 10.2. The molecule has 0 aromatic heterocycles. The van der Waals surface area contributed by atoms with E-state index < -0.39 is 12.0 Å². The van der Waals surface area contributed by atoms with Gasteiger partial charge in [0.1, 0.15) is 11.9 Å². The fourth-order valence-electron chi connectivity index (χ4n) is 2.81. The Kier molecular flexibility index (Phi) is 3.59. The lowest BCUT2D eigenvalue weighted by molar-refractivity contribution is -0.115. The predicted molar refractivity (Wildman–Crippen MR) is 80.8 cm³/mol. The molecule has 1 aliphatic carbocycles. The Morgan fingerprint density at radius 3 is 2.10 bits per heavy atom. The highest BCUT2D eigenvalue weighted by Crippen LogP contribution is 2.37. The van der Waals surface area contributed by atoms with Crippen LogP contribution in [0.4, 0.5) is 0 Å². The van der Waals surface area contributed by atoms with Gasteiger partial charge in [0, 0.05) is 12.3 Å². The molecular weight excluding hydrogens is 264 g/mol. The molecule has 2 atom stereocenters. The molecule has 0 amide bonds. The van der Waals surface area contributed by atoms with Crippen molar-refractivity contribution in [3.8, 4) is 0 Å². The summed E-state index contributed by atoms with van der Waals surface area (Å²) in [6.45, 7) is 0. The topological polar surface area (TPSA) is 57.5 Å². The first-order valence-electron chi connectivity index (χ1n) is 6.93. The molecule has 1 aliphatic rings. The van der Waals surface area contributed by atoms with Crippen molar-refractivity contribution >= 4 is 11.4 Å². The van der Waals surface area contributed by atoms with Crippen molar-refractivity contribution < 1.29 is 15.0 Å². The maximum Gasteiger partial charge on any atom is 0.167 e. The van der Waals surface area contributed by atoms with Crippen LogP contribution in [0.1, 0.15) is 23.5 Å². The molecule has 2 aromatic carbocycles. The summed E-state index contributed by atoms with van der Waals surface area (Å²) >= 11 is 0. The highest BCUT2D eigenvalue weighted by molar-refractivity contribution is 6.22. The Labute approximate surface area is 123 Å². The molecule has 0 saturated heterocycles. The smallest absolute Gasteiger partial charge is 0.167 e. The minimum atomic E-state index is -1.06. The van der Waals surface area contributed by atoms with Gasteiger partial charge in [0.25, 0.3) is 0 Å². The molecular formula is C18H16O3. The van der Waals surface area contributed by atoms with Crippen LogP contribution in [0.5, 0.6) is 0 Å². The minimum absolute atomic E-state index is 0.141. The van der Waals surface area contributed by atoms with Gasteiger partial charge in [-0.1, -0.05) is 60.7 Å². The van der Waals surface area contributed by atoms with E-state index in [0.29, 0.717) is 5.56 Å². The first-order valence-corrected chi connectivity index (χ1v) is 6.93. The molecule has 2 N–H and O–H groups in total. The number of carbonyl (C=O) groups excluding carboxylic acids is 1. The minimum Gasteiger partial charge on any atom is -0.509 e. The molecule has 3 rings (SSSR count). The number of benzene rings is 2. The van der Waals surface area contributed by atoms with Gasteiger partial charge in [-0.3, -0.25) is 4.79 Å². The number of rotatable bonds is 2. The number of allylic oxidation sites excluding steroid dienone is 1. The maximum absolute atomic E-state index is 12.4. The number of ketones is 1. The van der Waals surface area contributed by atoms with Crippen LogP contribution >= 0.6 is 0 Å². The third kappa shape index (κ3) is 2.48. The van der Waals surface area contributed by atoms with E-state index in [0.717, 1.165) is 5.56 Å². The number of carbonyl (C=O) groups is 1. The maximum atomic E-state index is 12.4. The molecule has 0 spiro atoms. The largest absolute Gasteiger partial charge is 0.509 e. The second-order valence-corrected chi connectivity index (χ2v) is 5.22. The molecule has 0 fully saturated rings. The molecule has 2 unspecified atom stereocenters. The number of aliphatic hydroxyl groups excluding tert-OH is 2. The molecule has 0 bridgehead atoms. The van der Waals surface area contributed by atoms with E-state index in [1.54, 1.807) is 24.3 Å². The van der Waals surface area contributed by atoms with Crippen molar-refractivity contribution in [3.05, 3.63) is 77.5 Å². The first kappa shape index (κ1) is 13.6. The monoisotopic (exact) mass is 280 g/mol. The normalized spacial score (nSPS) is 22.4. The van der Waals surface area contributed by atoms with E-state index in [4.69, 9.17) is 0 Å². The van der Waals surface area contributed by atoms with Gasteiger partial charge < -0.3 is 10.2 Å². The number of aliphatic hydroxyl groups is 2. The van der Waals surface area contributed by atoms with Crippen LogP contribution in [0.25, 0.3) is 5.57 Å². The fourth-order valence-corrected chi connectivity index (χ4v) is 2.81. The van der Waals surface area contributed by atoms with E-state index in [1.807, 2.05) is 36.4 Å². The zero-order valence-electron chi connectivity index (χ0n) is 11.4. The Morgan fingerprint density at radius 1 is 0.905 bits per heavy atom. The molecule has 21 heavy (non-hydrogen) atoms. The summed E-state index contributed by atoms with van der Waals surface area (Å²) in [6, 6.07) is 18.3. The molecule has 0 heterocycles. The van der Waals surface area contributed by atoms with Gasteiger partial charge in [0.2, 0.25) is 0 Å². The van der Waals surface area contributed by atoms with E-state index in [1.165, 1.54) is 0 Å². The number of hydrogen-bond donors (Lipinski definition) is 2. The molecule has 0 aliphatic heterocycles. The van der Waals surface area contributed by atoms with Crippen molar-refractivity contribution in [2.75, 3.05) is 0 Å². The van der Waals surface area contributed by atoms with Crippen molar-refractivity contribution in [3.63, 3.8) is 0 Å². The van der Waals surface area contributed by atoms with Crippen LogP contribution in [0.3, 0.4) is 0 Å². The molecule has 3 nitrogen and oxygen atoms in total. The average molecular weight is 280 g/mol. The Hall–Kier alpha value is -2.39. The van der Waals surface area contributed by atoms with Crippen LogP contribution in [-0.2, 0) is 4.79 Å². The van der Waals surface area contributed by atoms with Gasteiger partial charge >= 0.3 is 0 Å². The third-order valence-electron chi connectivity index (χ3n) is 3.89. The van der Waals surface area contributed by atoms with Gasteiger partial charge in [0.05, 0.1) is 5.57 Å². The van der Waals surface area contributed by atoms with E-state index >= 15 is 0 Å². The third-order valence-corrected chi connectivity index (χ3v) is 3.89. The summed E-state index contributed by atoms with van der Waals surface area (Å²) in [5, 5.41) is 20.7. The van der Waals surface area contributed by atoms with Crippen molar-refractivity contribution in [2.24, 2.45) is 0 Å². The van der Waals surface area contributed by atoms with Crippen molar-refractivity contribution in [1.82, 2.24) is 0 Å². The Balaban J connectivity index is 2.02. The van der Waals surface area contributed by atoms with Gasteiger partial charge in [0.15, 0.2) is 5.78 Å². The van der Waals surface area contributed by atoms with Gasteiger partial charge in [-0.15, -0.1) is 0 Å². The number of hydrogen-bond acceptors (Lipinski definition) is 3. The lowest BCUT2D eigenvalue weighted by atomic mass is 9.79. The summed E-state index contributed by atoms with van der Waals surface area (Å²) in [6.07, 6.45) is -0.861. The molecule has 0 radical (unpaired) electrons. The summed E-state index contributed by atoms with van der Waals surface area (Å²) in [7, 11) is 0. The fraction of sp³-hybridized carbons (Fsp3) is 0.167. The van der Waals surface area contributed by atoms with Crippen LogP contribution in [0.15, 0.2) is 66.4 Å². The summed E-state index contributed by atoms with van der Waals surface area (Å²) in [5.41, 5.74) is 1.73. The van der Waals surface area contributed by atoms with Crippen molar-refractivity contribution in [2.45, 2.75) is 18.4 Å². The highest BCUT2D eigenvalue weighted by atomic mass is 16.3. The summed E-state index contributed by atoms with van der Waals surface area (Å²) < 4.78 is 0. The second kappa shape index (κ2) is 5.54. The Bertz CT molecular complexity index is 674. The van der Waals surface area contributed by atoms with Crippen LogP contribution in [0.2, 0.25) is 0 Å². The lowest BCUT2D eigenvalue weighted by Crippen LogP contribution is -2.30. The van der Waals surface area contributed by atoms with Gasteiger partial charge in [-0.25, -0.2) is 0 Å². The Morgan fingerprint density at radius 2 is 1.48 bits per heavy atom. The summed E-state index contributed by atoms with van der Waals surface area (Å²) in [5.74, 6) is -0.768. The van der Waals surface area contributed by atoms with E-state index in [-0.39, 0.29) is 23.5 Å². The molecule has 3 heteroatoms. The molecule has 2 aromatic rings. The van der Waals surface area contributed by atoms with E-state index in [2.05, 4.69) is 0 Å². The SMILES string of the molecule is O=C1CC(c2ccccc2)C(O)C(O)=C1c1ccccc1. The summed E-state index contributed by atoms with van der Waals surface area (Å²) in [4.78, 5) is 12.4. The van der Waals surface area contributed by atoms with Crippen molar-refractivity contribution in [1.29, 1.82) is 0 Å². The van der Waals surface area contributed by atoms with Crippen LogP contribution in [0, 0.1) is 0 Å². The quantitative estimate of drug-likeness (QED) is 0.888. The molecule has 0 saturated carbocycles. The standard InChI is InChI=1S/C18H16O3/c19-15-11-14(12-7-3-1-4-8-12)17(20)18(21)16(15)13-9-5-2-6-10-13/h1-10,14,17,20-21H,11H2. The van der Waals surface area contributed by atoms with Crippen LogP contribution < -0.4 is 0 Å². The van der Waals surface area contributed by atoms with Gasteiger partial charge in [-0.05, 0) is 11.1 Å². The van der Waals surface area contributed by atoms with E-state index in [9.17, 15) is 15.0 Å². The van der Waals surface area contributed by atoms with Gasteiger partial charge in [-0.2, -0.15) is 0 Å². The van der Waals surface area contributed by atoms with Crippen LogP contribution in [-0.4, -0.2) is 22.1 Å².